The number of aromatic hydroxyl groups is 2. The fraction of sp³-hybridized carbons (Fsp3) is 0.514. The van der Waals surface area contributed by atoms with Crippen LogP contribution in [0.25, 0.3) is 0 Å². The molecule has 3 rings (SSSR count). The van der Waals surface area contributed by atoms with Gasteiger partial charge in [-0.25, -0.2) is 4.79 Å². The number of ether oxygens (including phenoxy) is 2. The molecule has 5 atom stereocenters. The Hall–Kier alpha value is -3.89. The number of fused-ring (bicyclic) bond motifs is 2. The molecule has 0 unspecified atom stereocenters. The molecule has 0 spiro atoms. The topological polar surface area (TPSA) is 154 Å². The third-order valence-electron chi connectivity index (χ3n) is 8.45. The molecule has 10 nitrogen and oxygen atoms in total. The second-order valence-electron chi connectivity index (χ2n) is 12.0. The van der Waals surface area contributed by atoms with Crippen LogP contribution in [-0.4, -0.2) is 64.6 Å². The molecule has 10 heteroatoms. The third kappa shape index (κ3) is 10.9. The maximum Gasteiger partial charge on any atom is 0.328 e. The summed E-state index contributed by atoms with van der Waals surface area (Å²) in [5.74, 6) is -2.07. The van der Waals surface area contributed by atoms with Gasteiger partial charge in [0.1, 0.15) is 23.6 Å². The number of anilines is 1. The molecule has 1 aromatic rings. The van der Waals surface area contributed by atoms with Crippen molar-refractivity contribution in [1.29, 1.82) is 0 Å². The summed E-state index contributed by atoms with van der Waals surface area (Å²) in [6, 6.07) is 1.82. The fourth-order valence-electron chi connectivity index (χ4n) is 5.54. The average Bonchev–Trinajstić information content (AvgIpc) is 3.02. The van der Waals surface area contributed by atoms with Gasteiger partial charge in [-0.05, 0) is 44.7 Å². The standard InChI is InChI=1S/C35H48N2O8/c1-22-17-18-26-19-27(38)20-29(33(26)41)37-31(39)21-28(44-4)15-11-6-5-7-12-16-30(23(2)32(22)40)45-35(43)24(3)36-34(42)25-13-9-8-10-14-25/h5-7,11-12,15,17,19-20,23-25,28,30,32,38,40-41H,8-10,13-14,16,18,21H2,1-4H3,(H,36,42)(H,37,39)/b6-5+,12-7+,15-11+,22-17-/t23-,24-,28-,30-,32-/m0/s1. The van der Waals surface area contributed by atoms with E-state index in [1.807, 2.05) is 6.08 Å². The largest absolute Gasteiger partial charge is 0.508 e. The number of phenols is 2. The molecular formula is C35H48N2O8. The van der Waals surface area contributed by atoms with Crippen molar-refractivity contribution >= 4 is 23.5 Å². The van der Waals surface area contributed by atoms with Crippen LogP contribution in [0.1, 0.15) is 71.3 Å². The number of phenolic OH excluding ortho intramolecular Hbond substituents is 2. The number of nitrogens with one attached hydrogen (secondary N) is 2. The lowest BCUT2D eigenvalue weighted by molar-refractivity contribution is -0.156. The summed E-state index contributed by atoms with van der Waals surface area (Å²) in [7, 11) is 1.49. The van der Waals surface area contributed by atoms with E-state index in [9.17, 15) is 29.7 Å². The van der Waals surface area contributed by atoms with Gasteiger partial charge in [0.2, 0.25) is 11.8 Å². The molecule has 0 aromatic heterocycles. The molecule has 1 aliphatic heterocycles. The number of hydrogen-bond acceptors (Lipinski definition) is 8. The maximum atomic E-state index is 13.1. The summed E-state index contributed by atoms with van der Waals surface area (Å²) in [5.41, 5.74) is 0.979. The first kappa shape index (κ1) is 35.6. The van der Waals surface area contributed by atoms with E-state index in [0.717, 1.165) is 32.1 Å². The van der Waals surface area contributed by atoms with Crippen molar-refractivity contribution in [1.82, 2.24) is 5.32 Å². The van der Waals surface area contributed by atoms with E-state index in [-0.39, 0.29) is 41.9 Å². The molecule has 2 aliphatic rings. The van der Waals surface area contributed by atoms with Crippen LogP contribution in [0.4, 0.5) is 5.69 Å². The minimum atomic E-state index is -1.00. The first-order chi connectivity index (χ1) is 21.5. The summed E-state index contributed by atoms with van der Waals surface area (Å²) >= 11 is 0. The normalized spacial score (nSPS) is 27.9. The molecule has 2 amide bonds. The lowest BCUT2D eigenvalue weighted by atomic mass is 9.88. The molecule has 0 radical (unpaired) electrons. The third-order valence-corrected chi connectivity index (χ3v) is 8.45. The second-order valence-corrected chi connectivity index (χ2v) is 12.0. The number of aliphatic hydroxyl groups excluding tert-OH is 1. The van der Waals surface area contributed by atoms with Gasteiger partial charge in [-0.3, -0.25) is 9.59 Å². The number of hydrogen-bond donors (Lipinski definition) is 5. The lowest BCUT2D eigenvalue weighted by Gasteiger charge is -2.29. The number of rotatable bonds is 5. The number of esters is 1. The SMILES string of the molecule is CO[C@H]1/C=C/C=C/C=C/C[C@H](OC(=O)[C@H](C)NC(=O)C2CCCCC2)[C@H](C)[C@@H](O)/C(C)=C\Cc2cc(O)cc(c2O)NC(=O)C1. The number of carbonyl (C=O) groups excluding carboxylic acids is 3. The second kappa shape index (κ2) is 17.6. The van der Waals surface area contributed by atoms with Gasteiger partial charge < -0.3 is 35.4 Å². The molecule has 1 saturated carbocycles. The number of allylic oxidation sites excluding steroid dienone is 5. The van der Waals surface area contributed by atoms with Crippen molar-refractivity contribution in [2.24, 2.45) is 11.8 Å². The monoisotopic (exact) mass is 624 g/mol. The minimum absolute atomic E-state index is 0.0171. The zero-order valence-electron chi connectivity index (χ0n) is 26.7. The highest BCUT2D eigenvalue weighted by Gasteiger charge is 2.31. The first-order valence-corrected chi connectivity index (χ1v) is 15.7. The van der Waals surface area contributed by atoms with E-state index in [0.29, 0.717) is 17.6 Å². The summed E-state index contributed by atoms with van der Waals surface area (Å²) in [6.45, 7) is 5.13. The number of carbonyl (C=O) groups is 3. The Morgan fingerprint density at radius 2 is 1.78 bits per heavy atom. The zero-order valence-corrected chi connectivity index (χ0v) is 26.7. The van der Waals surface area contributed by atoms with E-state index in [1.54, 1.807) is 57.2 Å². The van der Waals surface area contributed by atoms with Crippen LogP contribution in [0, 0.1) is 11.8 Å². The Morgan fingerprint density at radius 3 is 2.49 bits per heavy atom. The highest BCUT2D eigenvalue weighted by Crippen LogP contribution is 2.34. The smallest absolute Gasteiger partial charge is 0.328 e. The van der Waals surface area contributed by atoms with Crippen LogP contribution in [0.2, 0.25) is 0 Å². The van der Waals surface area contributed by atoms with Crippen molar-refractivity contribution < 1.29 is 39.2 Å². The van der Waals surface area contributed by atoms with Crippen LogP contribution >= 0.6 is 0 Å². The lowest BCUT2D eigenvalue weighted by Crippen LogP contribution is -2.45. The van der Waals surface area contributed by atoms with Crippen molar-refractivity contribution in [3.63, 3.8) is 0 Å². The van der Waals surface area contributed by atoms with E-state index in [1.165, 1.54) is 19.2 Å². The Labute approximate surface area is 265 Å². The Bertz CT molecular complexity index is 1290. The van der Waals surface area contributed by atoms with Crippen LogP contribution in [-0.2, 0) is 30.3 Å². The predicted octanol–water partition coefficient (Wildman–Crippen LogP) is 5.00. The number of methoxy groups -OCH3 is 1. The summed E-state index contributed by atoms with van der Waals surface area (Å²) in [6.07, 6.45) is 15.4. The highest BCUT2D eigenvalue weighted by molar-refractivity contribution is 5.93. The van der Waals surface area contributed by atoms with Crippen LogP contribution < -0.4 is 10.6 Å². The number of aliphatic hydroxyl groups is 1. The first-order valence-electron chi connectivity index (χ1n) is 15.7. The summed E-state index contributed by atoms with van der Waals surface area (Å²) in [5, 5.41) is 37.8. The van der Waals surface area contributed by atoms with Gasteiger partial charge in [-0.1, -0.05) is 68.7 Å². The van der Waals surface area contributed by atoms with Crippen LogP contribution in [0.5, 0.6) is 11.5 Å². The van der Waals surface area contributed by atoms with Crippen molar-refractivity contribution in [2.45, 2.75) is 96.5 Å². The molecule has 1 aromatic carbocycles. The van der Waals surface area contributed by atoms with Gasteiger partial charge >= 0.3 is 5.97 Å². The summed E-state index contributed by atoms with van der Waals surface area (Å²) in [4.78, 5) is 38.5. The molecule has 45 heavy (non-hydrogen) atoms. The van der Waals surface area contributed by atoms with E-state index in [4.69, 9.17) is 9.47 Å². The summed E-state index contributed by atoms with van der Waals surface area (Å²) < 4.78 is 11.3. The molecule has 0 saturated heterocycles. The fourth-order valence-corrected chi connectivity index (χ4v) is 5.54. The van der Waals surface area contributed by atoms with Gasteiger partial charge in [-0.2, -0.15) is 0 Å². The predicted molar refractivity (Wildman–Crippen MR) is 173 cm³/mol. The molecule has 5 N–H and O–H groups in total. The molecular weight excluding hydrogens is 576 g/mol. The quantitative estimate of drug-likeness (QED) is 0.133. The van der Waals surface area contributed by atoms with E-state index in [2.05, 4.69) is 10.6 Å². The van der Waals surface area contributed by atoms with Crippen molar-refractivity contribution in [3.05, 3.63) is 65.8 Å². The number of amides is 2. The zero-order chi connectivity index (χ0) is 32.9. The molecule has 1 aliphatic carbocycles. The Morgan fingerprint density at radius 1 is 1.07 bits per heavy atom. The number of benzene rings is 1. The van der Waals surface area contributed by atoms with Gasteiger partial charge in [0.15, 0.2) is 0 Å². The molecule has 1 fully saturated rings. The minimum Gasteiger partial charge on any atom is -0.508 e. The van der Waals surface area contributed by atoms with Crippen molar-refractivity contribution in [3.8, 4) is 11.5 Å². The highest BCUT2D eigenvalue weighted by atomic mass is 16.5. The molecule has 246 valence electrons. The molecule has 2 bridgehead atoms. The molecule has 1 heterocycles. The van der Waals surface area contributed by atoms with Crippen LogP contribution in [0.15, 0.2) is 60.2 Å². The maximum absolute atomic E-state index is 13.1. The van der Waals surface area contributed by atoms with E-state index < -0.39 is 42.1 Å². The van der Waals surface area contributed by atoms with Gasteiger partial charge in [-0.15, -0.1) is 0 Å². The van der Waals surface area contributed by atoms with E-state index >= 15 is 0 Å². The van der Waals surface area contributed by atoms with Gasteiger partial charge in [0, 0.05) is 37.0 Å². The Kier molecular flexibility index (Phi) is 13.9. The van der Waals surface area contributed by atoms with Gasteiger partial charge in [0.25, 0.3) is 0 Å². The van der Waals surface area contributed by atoms with Gasteiger partial charge in [0.05, 0.1) is 24.3 Å². The average molecular weight is 625 g/mol. The van der Waals surface area contributed by atoms with Crippen molar-refractivity contribution in [2.75, 3.05) is 12.4 Å². The Balaban J connectivity index is 1.84. The van der Waals surface area contributed by atoms with Crippen LogP contribution in [0.3, 0.4) is 0 Å².